The molecule has 15 heavy (non-hydrogen) atoms. The van der Waals surface area contributed by atoms with Crippen LogP contribution in [-0.2, 0) is 11.2 Å². The van der Waals surface area contributed by atoms with Crippen molar-refractivity contribution in [2.45, 2.75) is 44.1 Å². The van der Waals surface area contributed by atoms with Crippen LogP contribution in [0.2, 0.25) is 0 Å². The van der Waals surface area contributed by atoms with Crippen LogP contribution in [0.4, 0.5) is 0 Å². The van der Waals surface area contributed by atoms with E-state index in [4.69, 9.17) is 5.11 Å². The molecule has 0 spiro atoms. The maximum Gasteiger partial charge on any atom is 0.309 e. The number of hydrogen-bond donors (Lipinski definition) is 1. The monoisotopic (exact) mass is 206 g/mol. The van der Waals surface area contributed by atoms with Gasteiger partial charge in [0, 0.05) is 18.2 Å². The topological polar surface area (TPSA) is 55.1 Å². The van der Waals surface area contributed by atoms with E-state index in [9.17, 15) is 4.79 Å². The minimum absolute atomic E-state index is 0.0550. The second-order valence-electron chi connectivity index (χ2n) is 4.57. The van der Waals surface area contributed by atoms with Gasteiger partial charge in [-0.2, -0.15) is 0 Å². The average molecular weight is 206 g/mol. The molecular weight excluding hydrogens is 192 g/mol. The fourth-order valence-electron chi connectivity index (χ4n) is 1.99. The van der Waals surface area contributed by atoms with E-state index >= 15 is 0 Å². The zero-order valence-corrected chi connectivity index (χ0v) is 8.52. The van der Waals surface area contributed by atoms with Crippen molar-refractivity contribution in [3.8, 4) is 0 Å². The summed E-state index contributed by atoms with van der Waals surface area (Å²) < 4.78 is 2.22. The van der Waals surface area contributed by atoms with E-state index in [0.717, 1.165) is 11.5 Å². The van der Waals surface area contributed by atoms with Crippen LogP contribution in [0.15, 0.2) is 6.20 Å². The zero-order valence-electron chi connectivity index (χ0n) is 8.52. The summed E-state index contributed by atoms with van der Waals surface area (Å²) in [5, 5.41) is 8.73. The smallest absolute Gasteiger partial charge is 0.309 e. The first kappa shape index (κ1) is 8.95. The highest BCUT2D eigenvalue weighted by Crippen LogP contribution is 2.44. The predicted octanol–water partition coefficient (Wildman–Crippen LogP) is 1.72. The maximum absolute atomic E-state index is 10.6. The van der Waals surface area contributed by atoms with Gasteiger partial charge in [-0.05, 0) is 25.7 Å². The summed E-state index contributed by atoms with van der Waals surface area (Å²) in [6.07, 6.45) is 6.89. The third-order valence-corrected chi connectivity index (χ3v) is 3.03. The SMILES string of the molecule is O=C(O)Cc1cn(C2CC2)c(C2CC2)n1. The van der Waals surface area contributed by atoms with Gasteiger partial charge in [-0.15, -0.1) is 0 Å². The van der Waals surface area contributed by atoms with E-state index in [2.05, 4.69) is 9.55 Å². The summed E-state index contributed by atoms with van der Waals surface area (Å²) in [7, 11) is 0. The Morgan fingerprint density at radius 1 is 1.47 bits per heavy atom. The molecule has 1 aromatic rings. The molecule has 80 valence electrons. The number of imidazole rings is 1. The summed E-state index contributed by atoms with van der Waals surface area (Å²) in [6, 6.07) is 0.607. The maximum atomic E-state index is 10.6. The van der Waals surface area contributed by atoms with E-state index in [1.807, 2.05) is 6.20 Å². The molecule has 1 aromatic heterocycles. The third kappa shape index (κ3) is 1.76. The van der Waals surface area contributed by atoms with Crippen molar-refractivity contribution in [1.82, 2.24) is 9.55 Å². The van der Waals surface area contributed by atoms with E-state index < -0.39 is 5.97 Å². The second kappa shape index (κ2) is 3.08. The van der Waals surface area contributed by atoms with Gasteiger partial charge < -0.3 is 9.67 Å². The Hall–Kier alpha value is -1.32. The fourth-order valence-corrected chi connectivity index (χ4v) is 1.99. The van der Waals surface area contributed by atoms with Gasteiger partial charge in [-0.25, -0.2) is 4.98 Å². The Kier molecular flexibility index (Phi) is 1.84. The van der Waals surface area contributed by atoms with Crippen LogP contribution in [0.25, 0.3) is 0 Å². The van der Waals surface area contributed by atoms with Crippen molar-refractivity contribution in [1.29, 1.82) is 0 Å². The highest BCUT2D eigenvalue weighted by Gasteiger charge is 2.34. The molecule has 0 amide bonds. The summed E-state index contributed by atoms with van der Waals surface area (Å²) in [5.74, 6) is 0.944. The molecule has 2 fully saturated rings. The van der Waals surface area contributed by atoms with Crippen LogP contribution < -0.4 is 0 Å². The lowest BCUT2D eigenvalue weighted by molar-refractivity contribution is -0.136. The van der Waals surface area contributed by atoms with Gasteiger partial charge in [0.25, 0.3) is 0 Å². The minimum Gasteiger partial charge on any atom is -0.481 e. The predicted molar refractivity (Wildman–Crippen MR) is 53.8 cm³/mol. The summed E-state index contributed by atoms with van der Waals surface area (Å²) in [6.45, 7) is 0. The lowest BCUT2D eigenvalue weighted by Gasteiger charge is -2.02. The minimum atomic E-state index is -0.794. The molecule has 0 radical (unpaired) electrons. The number of carboxylic acids is 1. The Balaban J connectivity index is 1.89. The van der Waals surface area contributed by atoms with Gasteiger partial charge in [-0.3, -0.25) is 4.79 Å². The lowest BCUT2D eigenvalue weighted by Crippen LogP contribution is -2.00. The van der Waals surface area contributed by atoms with Crippen molar-refractivity contribution in [2.75, 3.05) is 0 Å². The average Bonchev–Trinajstić information content (AvgIpc) is 3.05. The molecule has 2 aliphatic carbocycles. The summed E-state index contributed by atoms with van der Waals surface area (Å²) in [5.41, 5.74) is 0.719. The number of rotatable bonds is 4. The molecule has 3 rings (SSSR count). The Bertz CT molecular complexity index is 373. The number of hydrogen-bond acceptors (Lipinski definition) is 2. The largest absolute Gasteiger partial charge is 0.481 e. The molecule has 0 unspecified atom stereocenters. The molecule has 2 saturated carbocycles. The van der Waals surface area contributed by atoms with Crippen molar-refractivity contribution in [3.63, 3.8) is 0 Å². The van der Waals surface area contributed by atoms with Crippen molar-refractivity contribution in [3.05, 3.63) is 17.7 Å². The normalized spacial score (nSPS) is 20.5. The highest BCUT2D eigenvalue weighted by atomic mass is 16.4. The van der Waals surface area contributed by atoms with Crippen LogP contribution in [-0.4, -0.2) is 20.6 Å². The van der Waals surface area contributed by atoms with Crippen LogP contribution in [0, 0.1) is 0 Å². The van der Waals surface area contributed by atoms with Gasteiger partial charge in [-0.1, -0.05) is 0 Å². The van der Waals surface area contributed by atoms with Crippen molar-refractivity contribution in [2.24, 2.45) is 0 Å². The Morgan fingerprint density at radius 2 is 2.20 bits per heavy atom. The fraction of sp³-hybridized carbons (Fsp3) is 0.636. The second-order valence-corrected chi connectivity index (χ2v) is 4.57. The molecule has 1 heterocycles. The first-order chi connectivity index (χ1) is 7.24. The van der Waals surface area contributed by atoms with E-state index in [0.29, 0.717) is 12.0 Å². The number of carboxylic acid groups (broad SMARTS) is 1. The molecule has 4 nitrogen and oxygen atoms in total. The first-order valence-corrected chi connectivity index (χ1v) is 5.53. The highest BCUT2D eigenvalue weighted by molar-refractivity contribution is 5.69. The van der Waals surface area contributed by atoms with Crippen molar-refractivity contribution >= 4 is 5.97 Å². The zero-order chi connectivity index (χ0) is 10.4. The standard InChI is InChI=1S/C11H14N2O2/c14-10(15)5-8-6-13(9-3-4-9)11(12-8)7-1-2-7/h6-7,9H,1-5H2,(H,14,15). The number of nitrogens with zero attached hydrogens (tertiary/aromatic N) is 2. The Labute approximate surface area is 87.9 Å². The molecule has 0 aliphatic heterocycles. The molecule has 0 atom stereocenters. The van der Waals surface area contributed by atoms with Crippen LogP contribution in [0.5, 0.6) is 0 Å². The molecule has 0 saturated heterocycles. The third-order valence-electron chi connectivity index (χ3n) is 3.03. The molecule has 2 aliphatic rings. The van der Waals surface area contributed by atoms with E-state index in [1.165, 1.54) is 25.7 Å². The van der Waals surface area contributed by atoms with Gasteiger partial charge in [0.1, 0.15) is 5.82 Å². The van der Waals surface area contributed by atoms with Gasteiger partial charge in [0.05, 0.1) is 12.1 Å². The molecular formula is C11H14N2O2. The molecule has 1 N–H and O–H groups in total. The van der Waals surface area contributed by atoms with Crippen LogP contribution in [0.3, 0.4) is 0 Å². The lowest BCUT2D eigenvalue weighted by atomic mass is 10.3. The van der Waals surface area contributed by atoms with Gasteiger partial charge in [0.15, 0.2) is 0 Å². The number of aliphatic carboxylic acids is 1. The van der Waals surface area contributed by atoms with Crippen molar-refractivity contribution < 1.29 is 9.90 Å². The van der Waals surface area contributed by atoms with Crippen LogP contribution in [0.1, 0.15) is 49.2 Å². The molecule has 0 bridgehead atoms. The number of aromatic nitrogens is 2. The van der Waals surface area contributed by atoms with Gasteiger partial charge in [0.2, 0.25) is 0 Å². The summed E-state index contributed by atoms with van der Waals surface area (Å²) >= 11 is 0. The van der Waals surface area contributed by atoms with E-state index in [-0.39, 0.29) is 6.42 Å². The molecule has 0 aromatic carbocycles. The first-order valence-electron chi connectivity index (χ1n) is 5.53. The number of carbonyl (C=O) groups is 1. The molecule has 4 heteroatoms. The van der Waals surface area contributed by atoms with Gasteiger partial charge >= 0.3 is 5.97 Å². The Morgan fingerprint density at radius 3 is 2.73 bits per heavy atom. The quantitative estimate of drug-likeness (QED) is 0.816. The van der Waals surface area contributed by atoms with E-state index in [1.54, 1.807) is 0 Å². The summed E-state index contributed by atoms with van der Waals surface area (Å²) in [4.78, 5) is 15.1. The van der Waals surface area contributed by atoms with Crippen LogP contribution >= 0.6 is 0 Å².